The summed E-state index contributed by atoms with van der Waals surface area (Å²) >= 11 is 0. The van der Waals surface area contributed by atoms with Gasteiger partial charge in [0, 0.05) is 19.8 Å². The molecule has 0 radical (unpaired) electrons. The van der Waals surface area contributed by atoms with Crippen molar-refractivity contribution < 1.29 is 24.2 Å². The molecular weight excluding hydrogens is 370 g/mol. The topological polar surface area (TPSA) is 84.9 Å². The molecule has 1 fully saturated rings. The minimum atomic E-state index is -0.997. The van der Waals surface area contributed by atoms with Gasteiger partial charge in [0.05, 0.1) is 18.1 Å². The number of benzene rings is 2. The molecule has 1 amide bonds. The van der Waals surface area contributed by atoms with E-state index in [9.17, 15) is 9.59 Å². The van der Waals surface area contributed by atoms with Crippen LogP contribution < -0.4 is 10.1 Å². The Bertz CT molecular complexity index is 869. The van der Waals surface area contributed by atoms with Gasteiger partial charge in [-0.15, -0.1) is 0 Å². The lowest BCUT2D eigenvalue weighted by Crippen LogP contribution is -2.48. The number of carboxylic acid groups (broad SMARTS) is 1. The maximum atomic E-state index is 13.2. The molecule has 0 aliphatic carbocycles. The summed E-state index contributed by atoms with van der Waals surface area (Å²) in [5, 5.41) is 12.2. The second-order valence-corrected chi connectivity index (χ2v) is 7.40. The van der Waals surface area contributed by atoms with Gasteiger partial charge in [0.1, 0.15) is 5.75 Å². The third-order valence-electron chi connectivity index (χ3n) is 5.60. The number of nitrogens with one attached hydrogen (secondary N) is 1. The molecule has 0 saturated carbocycles. The van der Waals surface area contributed by atoms with Gasteiger partial charge < -0.3 is 19.9 Å². The quantitative estimate of drug-likeness (QED) is 0.750. The first-order valence-corrected chi connectivity index (χ1v) is 9.80. The number of amides is 1. The molecular formula is C23H27NO5. The molecule has 0 spiro atoms. The molecule has 6 heteroatoms. The number of methoxy groups -OCH3 is 1. The van der Waals surface area contributed by atoms with Gasteiger partial charge >= 0.3 is 5.97 Å². The number of hydrogen-bond acceptors (Lipinski definition) is 4. The average molecular weight is 397 g/mol. The smallest absolute Gasteiger partial charge is 0.335 e. The number of rotatable bonds is 7. The first-order valence-electron chi connectivity index (χ1n) is 9.80. The van der Waals surface area contributed by atoms with Crippen LogP contribution in [0.3, 0.4) is 0 Å². The Kier molecular flexibility index (Phi) is 6.54. The van der Waals surface area contributed by atoms with Crippen molar-refractivity contribution in [1.82, 2.24) is 5.32 Å². The Balaban J connectivity index is 1.71. The number of carbonyl (C=O) groups excluding carboxylic acids is 1. The fourth-order valence-corrected chi connectivity index (χ4v) is 3.80. The van der Waals surface area contributed by atoms with Gasteiger partial charge in [-0.25, -0.2) is 4.79 Å². The third-order valence-corrected chi connectivity index (χ3v) is 5.60. The molecule has 6 nitrogen and oxygen atoms in total. The fourth-order valence-electron chi connectivity index (χ4n) is 3.80. The Morgan fingerprint density at radius 2 is 1.83 bits per heavy atom. The molecule has 1 aliphatic rings. The van der Waals surface area contributed by atoms with Gasteiger partial charge in [0.25, 0.3) is 0 Å². The lowest BCUT2D eigenvalue weighted by molar-refractivity contribution is -0.130. The Morgan fingerprint density at radius 3 is 2.45 bits per heavy atom. The maximum absolute atomic E-state index is 13.2. The van der Waals surface area contributed by atoms with E-state index in [1.165, 1.54) is 13.2 Å². The largest absolute Gasteiger partial charge is 0.496 e. The van der Waals surface area contributed by atoms with Crippen LogP contribution in [0.5, 0.6) is 5.75 Å². The standard InChI is InChI=1S/C23H27NO5/c1-16-3-7-19(8-4-16)23(10-13-29-14-11-23)22(27)24-12-9-17-5-6-18(21(25)26)15-20(17)28-2/h3-8,15H,9-14H2,1-2H3,(H,24,27)(H,25,26). The predicted octanol–water partition coefficient (Wildman–Crippen LogP) is 3.11. The molecule has 2 N–H and O–H groups in total. The summed E-state index contributed by atoms with van der Waals surface area (Å²) in [6.45, 7) is 3.59. The Labute approximate surface area is 170 Å². The summed E-state index contributed by atoms with van der Waals surface area (Å²) in [5.74, 6) is -0.480. The molecule has 2 aromatic rings. The third kappa shape index (κ3) is 4.59. The summed E-state index contributed by atoms with van der Waals surface area (Å²) in [6, 6.07) is 12.9. The van der Waals surface area contributed by atoms with E-state index in [1.54, 1.807) is 12.1 Å². The van der Waals surface area contributed by atoms with Gasteiger partial charge in [-0.3, -0.25) is 4.79 Å². The van der Waals surface area contributed by atoms with Crippen LogP contribution in [0.25, 0.3) is 0 Å². The van der Waals surface area contributed by atoms with E-state index in [1.807, 2.05) is 31.2 Å². The van der Waals surface area contributed by atoms with E-state index >= 15 is 0 Å². The zero-order valence-corrected chi connectivity index (χ0v) is 16.9. The highest BCUT2D eigenvalue weighted by Gasteiger charge is 2.41. The van der Waals surface area contributed by atoms with Crippen molar-refractivity contribution in [3.05, 3.63) is 64.7 Å². The van der Waals surface area contributed by atoms with E-state index < -0.39 is 11.4 Å². The van der Waals surface area contributed by atoms with Gasteiger partial charge in [-0.05, 0) is 49.4 Å². The number of aromatic carboxylic acids is 1. The molecule has 29 heavy (non-hydrogen) atoms. The van der Waals surface area contributed by atoms with Crippen molar-refractivity contribution in [2.75, 3.05) is 26.9 Å². The van der Waals surface area contributed by atoms with Crippen LogP contribution in [0.4, 0.5) is 0 Å². The predicted molar refractivity (Wildman–Crippen MR) is 110 cm³/mol. The molecule has 1 saturated heterocycles. The summed E-state index contributed by atoms with van der Waals surface area (Å²) in [6.07, 6.45) is 1.85. The summed E-state index contributed by atoms with van der Waals surface area (Å²) in [7, 11) is 1.51. The van der Waals surface area contributed by atoms with Crippen LogP contribution in [0.1, 0.15) is 39.9 Å². The number of ether oxygens (including phenoxy) is 2. The van der Waals surface area contributed by atoms with Gasteiger partial charge in [0.2, 0.25) is 5.91 Å². The second kappa shape index (κ2) is 9.09. The Hall–Kier alpha value is -2.86. The van der Waals surface area contributed by atoms with Crippen molar-refractivity contribution in [1.29, 1.82) is 0 Å². The second-order valence-electron chi connectivity index (χ2n) is 7.40. The average Bonchev–Trinajstić information content (AvgIpc) is 2.74. The molecule has 0 aromatic heterocycles. The fraction of sp³-hybridized carbons (Fsp3) is 0.391. The summed E-state index contributed by atoms with van der Waals surface area (Å²) < 4.78 is 10.8. The number of carbonyl (C=O) groups is 2. The lowest BCUT2D eigenvalue weighted by Gasteiger charge is -2.36. The highest BCUT2D eigenvalue weighted by molar-refractivity contribution is 5.89. The number of aryl methyl sites for hydroxylation is 1. The van der Waals surface area contributed by atoms with Crippen molar-refractivity contribution in [2.24, 2.45) is 0 Å². The monoisotopic (exact) mass is 397 g/mol. The van der Waals surface area contributed by atoms with Gasteiger partial charge in [0.15, 0.2) is 0 Å². The van der Waals surface area contributed by atoms with E-state index in [0.717, 1.165) is 16.7 Å². The summed E-state index contributed by atoms with van der Waals surface area (Å²) in [4.78, 5) is 24.3. The first kappa shape index (κ1) is 20.9. The SMILES string of the molecule is COc1cc(C(=O)O)ccc1CCNC(=O)C1(c2ccc(C)cc2)CCOCC1. The van der Waals surface area contributed by atoms with Crippen molar-refractivity contribution >= 4 is 11.9 Å². The highest BCUT2D eigenvalue weighted by atomic mass is 16.5. The maximum Gasteiger partial charge on any atom is 0.335 e. The van der Waals surface area contributed by atoms with Crippen LogP contribution >= 0.6 is 0 Å². The van der Waals surface area contributed by atoms with Gasteiger partial charge in [-0.1, -0.05) is 35.9 Å². The van der Waals surface area contributed by atoms with E-state index in [-0.39, 0.29) is 11.5 Å². The minimum absolute atomic E-state index is 0.00535. The van der Waals surface area contributed by atoms with E-state index in [2.05, 4.69) is 5.32 Å². The molecule has 0 atom stereocenters. The molecule has 3 rings (SSSR count). The van der Waals surface area contributed by atoms with Gasteiger partial charge in [-0.2, -0.15) is 0 Å². The highest BCUT2D eigenvalue weighted by Crippen LogP contribution is 2.35. The van der Waals surface area contributed by atoms with Crippen LogP contribution in [-0.4, -0.2) is 43.9 Å². The minimum Gasteiger partial charge on any atom is -0.496 e. The van der Waals surface area contributed by atoms with Crippen LogP contribution in [-0.2, 0) is 21.4 Å². The van der Waals surface area contributed by atoms with Crippen LogP contribution in [0.2, 0.25) is 0 Å². The summed E-state index contributed by atoms with van der Waals surface area (Å²) in [5.41, 5.74) is 2.63. The normalized spacial score (nSPS) is 15.5. The number of carboxylic acids is 1. The van der Waals surface area contributed by atoms with E-state index in [0.29, 0.717) is 44.8 Å². The van der Waals surface area contributed by atoms with Crippen molar-refractivity contribution in [3.8, 4) is 5.75 Å². The zero-order valence-electron chi connectivity index (χ0n) is 16.9. The zero-order chi connectivity index (χ0) is 20.9. The molecule has 154 valence electrons. The van der Waals surface area contributed by atoms with E-state index in [4.69, 9.17) is 14.6 Å². The molecule has 2 aromatic carbocycles. The molecule has 0 bridgehead atoms. The van der Waals surface area contributed by atoms with Crippen LogP contribution in [0.15, 0.2) is 42.5 Å². The van der Waals surface area contributed by atoms with Crippen LogP contribution in [0, 0.1) is 6.92 Å². The molecule has 1 aliphatic heterocycles. The van der Waals surface area contributed by atoms with Crippen molar-refractivity contribution in [2.45, 2.75) is 31.6 Å². The van der Waals surface area contributed by atoms with Crippen molar-refractivity contribution in [3.63, 3.8) is 0 Å². The lowest BCUT2D eigenvalue weighted by atomic mass is 9.73. The molecule has 0 unspecified atom stereocenters. The Morgan fingerprint density at radius 1 is 1.14 bits per heavy atom. The number of hydrogen-bond donors (Lipinski definition) is 2. The first-order chi connectivity index (χ1) is 14.0. The molecule has 1 heterocycles.